The number of ether oxygens (including phenoxy) is 1. The Hall–Kier alpha value is -1.03. The second-order valence-electron chi connectivity index (χ2n) is 11.3. The van der Waals surface area contributed by atoms with Crippen molar-refractivity contribution >= 4 is 21.9 Å². The van der Waals surface area contributed by atoms with Crippen LogP contribution in [0, 0.1) is 23.2 Å². The van der Waals surface area contributed by atoms with Gasteiger partial charge in [-0.05, 0) is 91.9 Å². The molecule has 2 saturated carbocycles. The molecule has 1 N–H and O–H groups in total. The van der Waals surface area contributed by atoms with Crippen LogP contribution in [0.5, 0.6) is 5.75 Å². The molecule has 3 nitrogen and oxygen atoms in total. The van der Waals surface area contributed by atoms with E-state index in [9.17, 15) is 9.90 Å². The summed E-state index contributed by atoms with van der Waals surface area (Å²) in [5.74, 6) is 2.88. The zero-order valence-electron chi connectivity index (χ0n) is 20.7. The van der Waals surface area contributed by atoms with Crippen LogP contribution in [0.25, 0.3) is 0 Å². The lowest BCUT2D eigenvalue weighted by atomic mass is 9.52. The Morgan fingerprint density at radius 2 is 1.82 bits per heavy atom. The highest BCUT2D eigenvalue weighted by molar-refractivity contribution is 9.09. The number of aromatic hydroxyl groups is 1. The third-order valence-corrected chi connectivity index (χ3v) is 9.88. The number of esters is 1. The molecule has 4 heteroatoms. The zero-order chi connectivity index (χ0) is 23.4. The fraction of sp³-hybridized carbons (Fsp3) is 0.759. The quantitative estimate of drug-likeness (QED) is 0.194. The molecule has 0 unspecified atom stereocenters. The van der Waals surface area contributed by atoms with E-state index in [4.69, 9.17) is 4.74 Å². The molecule has 3 aliphatic rings. The first kappa shape index (κ1) is 25.1. The van der Waals surface area contributed by atoms with Gasteiger partial charge in [0.2, 0.25) is 0 Å². The van der Waals surface area contributed by atoms with Crippen molar-refractivity contribution in [2.24, 2.45) is 23.2 Å². The van der Waals surface area contributed by atoms with E-state index in [1.807, 2.05) is 12.1 Å². The molecule has 0 radical (unpaired) electrons. The van der Waals surface area contributed by atoms with Crippen LogP contribution in [0.3, 0.4) is 0 Å². The highest BCUT2D eigenvalue weighted by Gasteiger charge is 2.57. The monoisotopic (exact) mass is 518 g/mol. The molecule has 3 aliphatic carbocycles. The molecule has 33 heavy (non-hydrogen) atoms. The minimum atomic E-state index is -0.124. The average Bonchev–Trinajstić information content (AvgIpc) is 3.10. The summed E-state index contributed by atoms with van der Waals surface area (Å²) in [6, 6.07) is 6.12. The highest BCUT2D eigenvalue weighted by atomic mass is 79.9. The van der Waals surface area contributed by atoms with E-state index in [-0.39, 0.29) is 17.5 Å². The topological polar surface area (TPSA) is 46.5 Å². The molecular weight excluding hydrogens is 476 g/mol. The first-order valence-corrected chi connectivity index (χ1v) is 14.6. The molecule has 6 atom stereocenters. The van der Waals surface area contributed by atoms with Crippen molar-refractivity contribution in [1.29, 1.82) is 0 Å². The highest BCUT2D eigenvalue weighted by Crippen LogP contribution is 2.63. The third kappa shape index (κ3) is 5.46. The molecule has 0 heterocycles. The largest absolute Gasteiger partial charge is 0.508 e. The number of halogens is 1. The van der Waals surface area contributed by atoms with Crippen LogP contribution in [0.1, 0.15) is 108 Å². The second-order valence-corrected chi connectivity index (χ2v) is 12.1. The van der Waals surface area contributed by atoms with Gasteiger partial charge in [0.25, 0.3) is 0 Å². The molecule has 0 saturated heterocycles. The first-order chi connectivity index (χ1) is 15.9. The molecule has 4 rings (SSSR count). The summed E-state index contributed by atoms with van der Waals surface area (Å²) in [6.07, 6.45) is 16.4. The number of hydrogen-bond donors (Lipinski definition) is 1. The number of unbranched alkanes of at least 4 members (excludes halogenated alkanes) is 6. The molecule has 0 amide bonds. The summed E-state index contributed by atoms with van der Waals surface area (Å²) < 4.78 is 5.86. The van der Waals surface area contributed by atoms with Gasteiger partial charge in [0.05, 0.1) is 0 Å². The van der Waals surface area contributed by atoms with Gasteiger partial charge in [0.1, 0.15) is 11.9 Å². The van der Waals surface area contributed by atoms with Gasteiger partial charge in [-0.2, -0.15) is 0 Å². The number of fused-ring (bicyclic) bond motifs is 5. The number of carbonyl (C=O) groups excluding carboxylic acids is 1. The molecule has 0 aliphatic heterocycles. The molecule has 2 fully saturated rings. The van der Waals surface area contributed by atoms with Gasteiger partial charge in [0.15, 0.2) is 0 Å². The second kappa shape index (κ2) is 11.1. The summed E-state index contributed by atoms with van der Waals surface area (Å²) in [6.45, 7) is 3.97. The van der Waals surface area contributed by atoms with Gasteiger partial charge < -0.3 is 9.84 Å². The van der Waals surface area contributed by atoms with Gasteiger partial charge in [-0.15, -0.1) is 0 Å². The maximum atomic E-state index is 11.8. The fourth-order valence-corrected chi connectivity index (χ4v) is 8.19. The first-order valence-electron chi connectivity index (χ1n) is 13.5. The predicted molar refractivity (Wildman–Crippen MR) is 138 cm³/mol. The number of phenols is 1. The molecular formula is C29H43BrO3. The molecule has 0 spiro atoms. The summed E-state index contributed by atoms with van der Waals surface area (Å²) in [5, 5.41) is 11.3. The molecule has 184 valence electrons. The van der Waals surface area contributed by atoms with Gasteiger partial charge in [-0.3, -0.25) is 4.79 Å². The SMILES string of the molecule is CC(=O)O[C@@H]1CC[C@@H]2[C@H]3[C@@H](CCCCCCCCCBr)Cc4cc(O)ccc4[C@@H]3CC[C@]21C. The van der Waals surface area contributed by atoms with Crippen molar-refractivity contribution in [3.05, 3.63) is 29.3 Å². The van der Waals surface area contributed by atoms with Crippen LogP contribution in [-0.4, -0.2) is 22.5 Å². The van der Waals surface area contributed by atoms with Crippen molar-refractivity contribution in [3.63, 3.8) is 0 Å². The molecule has 1 aromatic carbocycles. The van der Waals surface area contributed by atoms with Crippen LogP contribution < -0.4 is 0 Å². The standard InChI is InChI=1S/C29H43BrO3/c1-20(31)33-27-14-13-26-28-21(10-8-6-4-3-5-7-9-17-30)18-22-19-23(32)11-12-24(22)25(28)15-16-29(26,27)2/h11-12,19,21,25-28,32H,3-10,13-18H2,1-2H3/t21-,25-,26+,27+,28-,29+/m0/s1. The average molecular weight is 520 g/mol. The number of hydrogen-bond acceptors (Lipinski definition) is 3. The van der Waals surface area contributed by atoms with Gasteiger partial charge >= 0.3 is 5.97 Å². The minimum Gasteiger partial charge on any atom is -0.508 e. The van der Waals surface area contributed by atoms with Crippen molar-refractivity contribution < 1.29 is 14.6 Å². The lowest BCUT2D eigenvalue weighted by Gasteiger charge is -2.53. The maximum absolute atomic E-state index is 11.8. The lowest BCUT2D eigenvalue weighted by molar-refractivity contribution is -0.155. The van der Waals surface area contributed by atoms with Gasteiger partial charge in [0, 0.05) is 17.7 Å². The minimum absolute atomic E-state index is 0.0855. The van der Waals surface area contributed by atoms with E-state index in [1.54, 1.807) is 6.92 Å². The Balaban J connectivity index is 1.46. The van der Waals surface area contributed by atoms with E-state index < -0.39 is 0 Å². The third-order valence-electron chi connectivity index (χ3n) is 9.31. The Morgan fingerprint density at radius 3 is 2.55 bits per heavy atom. The van der Waals surface area contributed by atoms with E-state index >= 15 is 0 Å². The van der Waals surface area contributed by atoms with Crippen molar-refractivity contribution in [1.82, 2.24) is 0 Å². The maximum Gasteiger partial charge on any atom is 0.302 e. The lowest BCUT2D eigenvalue weighted by Crippen LogP contribution is -2.48. The van der Waals surface area contributed by atoms with Crippen LogP contribution >= 0.6 is 15.9 Å². The van der Waals surface area contributed by atoms with E-state index in [2.05, 4.69) is 28.9 Å². The van der Waals surface area contributed by atoms with E-state index in [1.165, 1.54) is 75.3 Å². The predicted octanol–water partition coefficient (Wildman–Crippen LogP) is 7.92. The van der Waals surface area contributed by atoms with Crippen molar-refractivity contribution in [2.45, 2.75) is 109 Å². The fourth-order valence-electron chi connectivity index (χ4n) is 7.79. The van der Waals surface area contributed by atoms with Crippen LogP contribution in [-0.2, 0) is 16.0 Å². The molecule has 0 bridgehead atoms. The number of carbonyl (C=O) groups is 1. The Bertz CT molecular complexity index is 808. The van der Waals surface area contributed by atoms with Crippen molar-refractivity contribution in [3.8, 4) is 5.75 Å². The van der Waals surface area contributed by atoms with Gasteiger partial charge in [-0.25, -0.2) is 0 Å². The smallest absolute Gasteiger partial charge is 0.302 e. The molecule has 1 aromatic rings. The number of benzene rings is 1. The Kier molecular flexibility index (Phi) is 8.46. The van der Waals surface area contributed by atoms with Gasteiger partial charge in [-0.1, -0.05) is 67.4 Å². The summed E-state index contributed by atoms with van der Waals surface area (Å²) in [5.41, 5.74) is 2.99. The van der Waals surface area contributed by atoms with Crippen LogP contribution in [0.15, 0.2) is 18.2 Å². The number of alkyl halides is 1. The van der Waals surface area contributed by atoms with E-state index in [0.717, 1.165) is 24.6 Å². The zero-order valence-corrected chi connectivity index (χ0v) is 22.2. The Labute approximate surface area is 209 Å². The Morgan fingerprint density at radius 1 is 1.09 bits per heavy atom. The summed E-state index contributed by atoms with van der Waals surface area (Å²) in [7, 11) is 0. The normalized spacial score (nSPS) is 32.6. The summed E-state index contributed by atoms with van der Waals surface area (Å²) >= 11 is 3.53. The summed E-state index contributed by atoms with van der Waals surface area (Å²) in [4.78, 5) is 11.8. The molecule has 0 aromatic heterocycles. The van der Waals surface area contributed by atoms with Crippen LogP contribution in [0.4, 0.5) is 0 Å². The van der Waals surface area contributed by atoms with Crippen molar-refractivity contribution in [2.75, 3.05) is 5.33 Å². The van der Waals surface area contributed by atoms with E-state index in [0.29, 0.717) is 29.4 Å². The number of phenolic OH excluding ortho intramolecular Hbond substituents is 1. The number of rotatable bonds is 10. The van der Waals surface area contributed by atoms with Crippen LogP contribution in [0.2, 0.25) is 0 Å².